The van der Waals surface area contributed by atoms with Crippen LogP contribution in [0.1, 0.15) is 43.0 Å². The normalized spacial score (nSPS) is 14.7. The van der Waals surface area contributed by atoms with E-state index in [2.05, 4.69) is 16.9 Å². The zero-order valence-electron chi connectivity index (χ0n) is 11.8. The largest absolute Gasteiger partial charge is 0.306 e. The second-order valence-corrected chi connectivity index (χ2v) is 5.29. The Balaban J connectivity index is 2.14. The maximum Gasteiger partial charge on any atom is 0.254 e. The van der Waals surface area contributed by atoms with Crippen molar-refractivity contribution in [2.45, 2.75) is 45.4 Å². The standard InChI is InChI=1S/C16H19N3O/c1-2-11-10-17-9-8-12(11)15-18-14-7-5-3-4-6-13(14)16(20)19-15/h8-10H,2-7H2,1H3,(H,18,19,20). The summed E-state index contributed by atoms with van der Waals surface area (Å²) in [6.07, 6.45) is 9.64. The van der Waals surface area contributed by atoms with Gasteiger partial charge in [0.1, 0.15) is 5.82 Å². The van der Waals surface area contributed by atoms with E-state index in [0.717, 1.165) is 54.5 Å². The van der Waals surface area contributed by atoms with Gasteiger partial charge in [0.25, 0.3) is 5.56 Å². The van der Waals surface area contributed by atoms with Crippen LogP contribution in [0.2, 0.25) is 0 Å². The van der Waals surface area contributed by atoms with Gasteiger partial charge in [-0.15, -0.1) is 0 Å². The molecule has 0 atom stereocenters. The summed E-state index contributed by atoms with van der Waals surface area (Å²) in [6, 6.07) is 1.93. The van der Waals surface area contributed by atoms with E-state index in [-0.39, 0.29) is 5.56 Å². The summed E-state index contributed by atoms with van der Waals surface area (Å²) in [4.78, 5) is 24.1. The molecule has 0 amide bonds. The third-order valence-corrected chi connectivity index (χ3v) is 3.98. The molecule has 0 spiro atoms. The fourth-order valence-electron chi connectivity index (χ4n) is 2.85. The minimum Gasteiger partial charge on any atom is -0.306 e. The maximum atomic E-state index is 12.3. The fourth-order valence-corrected chi connectivity index (χ4v) is 2.85. The molecule has 0 fully saturated rings. The molecule has 0 unspecified atom stereocenters. The van der Waals surface area contributed by atoms with Crippen molar-refractivity contribution in [3.8, 4) is 11.4 Å². The molecule has 2 heterocycles. The van der Waals surface area contributed by atoms with E-state index >= 15 is 0 Å². The summed E-state index contributed by atoms with van der Waals surface area (Å²) in [6.45, 7) is 2.09. The lowest BCUT2D eigenvalue weighted by atomic mass is 10.1. The molecule has 1 N–H and O–H groups in total. The minimum atomic E-state index is 0.0331. The van der Waals surface area contributed by atoms with E-state index < -0.39 is 0 Å². The quantitative estimate of drug-likeness (QED) is 0.853. The molecule has 0 saturated heterocycles. The van der Waals surface area contributed by atoms with Gasteiger partial charge in [0.15, 0.2) is 0 Å². The molecule has 0 bridgehead atoms. The monoisotopic (exact) mass is 269 g/mol. The van der Waals surface area contributed by atoms with E-state index in [9.17, 15) is 4.79 Å². The van der Waals surface area contributed by atoms with Crippen molar-refractivity contribution in [2.24, 2.45) is 0 Å². The number of hydrogen-bond acceptors (Lipinski definition) is 3. The second-order valence-electron chi connectivity index (χ2n) is 5.29. The Labute approximate surface area is 118 Å². The molecule has 1 aliphatic rings. The van der Waals surface area contributed by atoms with Crippen molar-refractivity contribution in [3.63, 3.8) is 0 Å². The van der Waals surface area contributed by atoms with Crippen LogP contribution in [0.4, 0.5) is 0 Å². The Morgan fingerprint density at radius 2 is 2.10 bits per heavy atom. The van der Waals surface area contributed by atoms with Crippen LogP contribution < -0.4 is 5.56 Å². The molecule has 0 aliphatic heterocycles. The predicted octanol–water partition coefficient (Wildman–Crippen LogP) is 2.66. The van der Waals surface area contributed by atoms with E-state index in [4.69, 9.17) is 4.98 Å². The Bertz CT molecular complexity index is 676. The van der Waals surface area contributed by atoms with E-state index in [1.807, 2.05) is 12.3 Å². The number of rotatable bonds is 2. The van der Waals surface area contributed by atoms with E-state index in [1.165, 1.54) is 6.42 Å². The van der Waals surface area contributed by atoms with Crippen LogP contribution in [-0.2, 0) is 19.3 Å². The number of hydrogen-bond donors (Lipinski definition) is 1. The Morgan fingerprint density at radius 1 is 1.25 bits per heavy atom. The molecule has 3 rings (SSSR count). The van der Waals surface area contributed by atoms with Crippen LogP contribution in [0.5, 0.6) is 0 Å². The van der Waals surface area contributed by atoms with Crippen LogP contribution in [0, 0.1) is 0 Å². The Morgan fingerprint density at radius 3 is 2.95 bits per heavy atom. The molecule has 1 aliphatic carbocycles. The number of H-pyrrole nitrogens is 1. The molecule has 4 nitrogen and oxygen atoms in total. The lowest BCUT2D eigenvalue weighted by Crippen LogP contribution is -2.18. The molecule has 20 heavy (non-hydrogen) atoms. The first kappa shape index (κ1) is 13.0. The molecule has 2 aromatic rings. The lowest BCUT2D eigenvalue weighted by molar-refractivity contribution is 0.708. The first-order valence-corrected chi connectivity index (χ1v) is 7.35. The first-order valence-electron chi connectivity index (χ1n) is 7.35. The van der Waals surface area contributed by atoms with Crippen LogP contribution >= 0.6 is 0 Å². The van der Waals surface area contributed by atoms with Crippen molar-refractivity contribution in [1.82, 2.24) is 15.0 Å². The van der Waals surface area contributed by atoms with Gasteiger partial charge in [-0.2, -0.15) is 0 Å². The molecular weight excluding hydrogens is 250 g/mol. The molecule has 2 aromatic heterocycles. The van der Waals surface area contributed by atoms with E-state index in [1.54, 1.807) is 6.20 Å². The summed E-state index contributed by atoms with van der Waals surface area (Å²) in [5.41, 5.74) is 4.01. The summed E-state index contributed by atoms with van der Waals surface area (Å²) in [5, 5.41) is 0. The van der Waals surface area contributed by atoms with Gasteiger partial charge in [0, 0.05) is 23.5 Å². The number of aromatic amines is 1. The molecular formula is C16H19N3O. The van der Waals surface area contributed by atoms with Gasteiger partial charge in [-0.05, 0) is 43.7 Å². The number of pyridine rings is 1. The van der Waals surface area contributed by atoms with Gasteiger partial charge in [0.2, 0.25) is 0 Å². The average molecular weight is 269 g/mol. The summed E-state index contributed by atoms with van der Waals surface area (Å²) < 4.78 is 0. The predicted molar refractivity (Wildman–Crippen MR) is 78.7 cm³/mol. The number of aromatic nitrogens is 3. The average Bonchev–Trinajstić information content (AvgIpc) is 2.73. The molecule has 104 valence electrons. The SMILES string of the molecule is CCc1cnccc1-c1nc2c(c(=O)[nH]1)CCCCC2. The third kappa shape index (κ3) is 2.38. The molecule has 0 radical (unpaired) electrons. The second kappa shape index (κ2) is 5.57. The zero-order valence-corrected chi connectivity index (χ0v) is 11.8. The van der Waals surface area contributed by atoms with Crippen molar-refractivity contribution >= 4 is 0 Å². The highest BCUT2D eigenvalue weighted by Crippen LogP contribution is 2.22. The summed E-state index contributed by atoms with van der Waals surface area (Å²) >= 11 is 0. The molecule has 0 aromatic carbocycles. The number of nitrogens with zero attached hydrogens (tertiary/aromatic N) is 2. The first-order chi connectivity index (χ1) is 9.79. The van der Waals surface area contributed by atoms with Crippen LogP contribution in [-0.4, -0.2) is 15.0 Å². The number of fused-ring (bicyclic) bond motifs is 1. The maximum absolute atomic E-state index is 12.3. The third-order valence-electron chi connectivity index (χ3n) is 3.98. The van der Waals surface area contributed by atoms with Crippen molar-refractivity contribution in [2.75, 3.05) is 0 Å². The van der Waals surface area contributed by atoms with Gasteiger partial charge in [-0.3, -0.25) is 9.78 Å². The number of aryl methyl sites for hydroxylation is 2. The van der Waals surface area contributed by atoms with Gasteiger partial charge < -0.3 is 4.98 Å². The fraction of sp³-hybridized carbons (Fsp3) is 0.438. The minimum absolute atomic E-state index is 0.0331. The van der Waals surface area contributed by atoms with E-state index in [0.29, 0.717) is 5.82 Å². The Kier molecular flexibility index (Phi) is 3.63. The highest BCUT2D eigenvalue weighted by Gasteiger charge is 2.16. The van der Waals surface area contributed by atoms with Crippen LogP contribution in [0.25, 0.3) is 11.4 Å². The van der Waals surface area contributed by atoms with Crippen molar-refractivity contribution in [3.05, 3.63) is 45.6 Å². The van der Waals surface area contributed by atoms with Crippen LogP contribution in [0.3, 0.4) is 0 Å². The van der Waals surface area contributed by atoms with Crippen LogP contribution in [0.15, 0.2) is 23.3 Å². The highest BCUT2D eigenvalue weighted by atomic mass is 16.1. The summed E-state index contributed by atoms with van der Waals surface area (Å²) in [7, 11) is 0. The Hall–Kier alpha value is -1.97. The molecule has 0 saturated carbocycles. The summed E-state index contributed by atoms with van der Waals surface area (Å²) in [5.74, 6) is 0.690. The van der Waals surface area contributed by atoms with Gasteiger partial charge in [-0.25, -0.2) is 4.98 Å². The zero-order chi connectivity index (χ0) is 13.9. The smallest absolute Gasteiger partial charge is 0.254 e. The molecule has 4 heteroatoms. The van der Waals surface area contributed by atoms with Crippen molar-refractivity contribution < 1.29 is 0 Å². The topological polar surface area (TPSA) is 58.6 Å². The lowest BCUT2D eigenvalue weighted by Gasteiger charge is -2.10. The van der Waals surface area contributed by atoms with Gasteiger partial charge in [-0.1, -0.05) is 13.3 Å². The highest BCUT2D eigenvalue weighted by molar-refractivity contribution is 5.59. The van der Waals surface area contributed by atoms with Gasteiger partial charge >= 0.3 is 0 Å². The van der Waals surface area contributed by atoms with Crippen molar-refractivity contribution in [1.29, 1.82) is 0 Å². The van der Waals surface area contributed by atoms with Gasteiger partial charge in [0.05, 0.1) is 5.69 Å². The number of nitrogens with one attached hydrogen (secondary N) is 1.